The van der Waals surface area contributed by atoms with E-state index in [0.29, 0.717) is 6.61 Å². The van der Waals surface area contributed by atoms with Gasteiger partial charge in [0, 0.05) is 40.0 Å². The van der Waals surface area contributed by atoms with E-state index in [4.69, 9.17) is 14.2 Å². The Morgan fingerprint density at radius 1 is 1.23 bits per heavy atom. The number of hydrogen-bond donors (Lipinski definition) is 2. The molecule has 1 aromatic rings. The Kier molecular flexibility index (Phi) is 10.1. The van der Waals surface area contributed by atoms with Gasteiger partial charge in [-0.25, -0.2) is 0 Å². The smallest absolute Gasteiger partial charge is 0.191 e. The predicted molar refractivity (Wildman–Crippen MR) is 104 cm³/mol. The van der Waals surface area contributed by atoms with Crippen LogP contribution in [0.1, 0.15) is 37.3 Å². The van der Waals surface area contributed by atoms with E-state index in [1.165, 1.54) is 11.1 Å². The minimum atomic E-state index is 0.277. The molecule has 1 atom stereocenters. The van der Waals surface area contributed by atoms with E-state index in [9.17, 15) is 0 Å². The lowest BCUT2D eigenvalue weighted by Gasteiger charge is -2.15. The maximum absolute atomic E-state index is 5.77. The summed E-state index contributed by atoms with van der Waals surface area (Å²) in [5, 5.41) is 6.70. The Bertz CT molecular complexity index is 531. The maximum Gasteiger partial charge on any atom is 0.191 e. The van der Waals surface area contributed by atoms with Crippen molar-refractivity contribution in [3.63, 3.8) is 0 Å². The molecule has 146 valence electrons. The van der Waals surface area contributed by atoms with Gasteiger partial charge in [-0.1, -0.05) is 31.2 Å². The Labute approximate surface area is 157 Å². The van der Waals surface area contributed by atoms with Crippen LogP contribution in [-0.2, 0) is 27.4 Å². The van der Waals surface area contributed by atoms with Crippen LogP contribution in [0.3, 0.4) is 0 Å². The molecule has 0 bridgehead atoms. The van der Waals surface area contributed by atoms with Crippen LogP contribution in [0.5, 0.6) is 0 Å². The lowest BCUT2D eigenvalue weighted by atomic mass is 10.1. The van der Waals surface area contributed by atoms with Crippen LogP contribution in [0.15, 0.2) is 29.3 Å². The van der Waals surface area contributed by atoms with Gasteiger partial charge in [-0.2, -0.15) is 0 Å². The Morgan fingerprint density at radius 3 is 2.81 bits per heavy atom. The third-order valence-corrected chi connectivity index (χ3v) is 4.25. The third-order valence-electron chi connectivity index (χ3n) is 4.25. The van der Waals surface area contributed by atoms with Gasteiger partial charge in [0.25, 0.3) is 0 Å². The van der Waals surface area contributed by atoms with Crippen LogP contribution in [-0.4, -0.2) is 52.1 Å². The standard InChI is InChI=1S/C20H33N3O3/c1-3-11-24-15-18-8-5-4-7-17(18)14-23-20(21-2)22-10-6-12-26-19-9-13-25-16-19/h4-5,7-8,19H,3,6,9-16H2,1-2H3,(H2,21,22,23). The molecule has 0 radical (unpaired) electrons. The fourth-order valence-electron chi connectivity index (χ4n) is 2.77. The Morgan fingerprint density at radius 2 is 2.08 bits per heavy atom. The molecule has 1 aliphatic heterocycles. The summed E-state index contributed by atoms with van der Waals surface area (Å²) in [4.78, 5) is 4.29. The van der Waals surface area contributed by atoms with Gasteiger partial charge in [-0.3, -0.25) is 4.99 Å². The Hall–Kier alpha value is -1.63. The molecule has 6 heteroatoms. The molecular weight excluding hydrogens is 330 g/mol. The SMILES string of the molecule is CCCOCc1ccccc1CNC(=NC)NCCCOC1CCOC1. The number of aliphatic imine (C=N–C) groups is 1. The van der Waals surface area contributed by atoms with E-state index in [-0.39, 0.29) is 6.10 Å². The molecule has 0 aromatic heterocycles. The second-order valence-corrected chi connectivity index (χ2v) is 6.38. The van der Waals surface area contributed by atoms with Gasteiger partial charge >= 0.3 is 0 Å². The van der Waals surface area contributed by atoms with Crippen molar-refractivity contribution < 1.29 is 14.2 Å². The molecule has 0 saturated carbocycles. The summed E-state index contributed by atoms with van der Waals surface area (Å²) in [6.45, 7) is 7.42. The van der Waals surface area contributed by atoms with Crippen molar-refractivity contribution in [2.24, 2.45) is 4.99 Å². The summed E-state index contributed by atoms with van der Waals surface area (Å²) in [5.41, 5.74) is 2.45. The number of benzene rings is 1. The monoisotopic (exact) mass is 363 g/mol. The zero-order valence-electron chi connectivity index (χ0n) is 16.1. The van der Waals surface area contributed by atoms with E-state index in [1.54, 1.807) is 7.05 Å². The predicted octanol–water partition coefficient (Wildman–Crippen LogP) is 2.47. The number of rotatable bonds is 11. The van der Waals surface area contributed by atoms with Gasteiger partial charge in [0.1, 0.15) is 0 Å². The zero-order valence-corrected chi connectivity index (χ0v) is 16.1. The fourth-order valence-corrected chi connectivity index (χ4v) is 2.77. The van der Waals surface area contributed by atoms with Gasteiger partial charge in [0.15, 0.2) is 5.96 Å². The van der Waals surface area contributed by atoms with Crippen LogP contribution in [0.2, 0.25) is 0 Å². The summed E-state index contributed by atoms with van der Waals surface area (Å²) < 4.78 is 16.8. The van der Waals surface area contributed by atoms with Crippen molar-refractivity contribution in [3.05, 3.63) is 35.4 Å². The molecule has 1 fully saturated rings. The summed E-state index contributed by atoms with van der Waals surface area (Å²) >= 11 is 0. The highest BCUT2D eigenvalue weighted by Crippen LogP contribution is 2.10. The largest absolute Gasteiger partial charge is 0.379 e. The highest BCUT2D eigenvalue weighted by molar-refractivity contribution is 5.79. The van der Waals surface area contributed by atoms with Crippen LogP contribution in [0.25, 0.3) is 0 Å². The first kappa shape index (κ1) is 20.7. The first-order valence-corrected chi connectivity index (χ1v) is 9.62. The number of hydrogen-bond acceptors (Lipinski definition) is 4. The molecule has 26 heavy (non-hydrogen) atoms. The molecule has 1 unspecified atom stereocenters. The van der Waals surface area contributed by atoms with E-state index in [0.717, 1.165) is 64.7 Å². The molecule has 6 nitrogen and oxygen atoms in total. The van der Waals surface area contributed by atoms with Gasteiger partial charge < -0.3 is 24.8 Å². The lowest BCUT2D eigenvalue weighted by molar-refractivity contribution is 0.0420. The highest BCUT2D eigenvalue weighted by atomic mass is 16.5. The van der Waals surface area contributed by atoms with Crippen molar-refractivity contribution >= 4 is 5.96 Å². The third kappa shape index (κ3) is 7.72. The number of guanidine groups is 1. The topological polar surface area (TPSA) is 64.1 Å². The molecule has 2 rings (SSSR count). The van der Waals surface area contributed by atoms with Crippen LogP contribution >= 0.6 is 0 Å². The van der Waals surface area contributed by atoms with E-state index >= 15 is 0 Å². The van der Waals surface area contributed by atoms with Crippen molar-refractivity contribution in [1.82, 2.24) is 10.6 Å². The summed E-state index contributed by atoms with van der Waals surface area (Å²) in [5.74, 6) is 0.804. The molecule has 1 aliphatic rings. The van der Waals surface area contributed by atoms with E-state index in [2.05, 4.69) is 46.8 Å². The molecule has 1 heterocycles. The van der Waals surface area contributed by atoms with Gasteiger partial charge in [0.05, 0.1) is 19.3 Å². The lowest BCUT2D eigenvalue weighted by Crippen LogP contribution is -2.37. The van der Waals surface area contributed by atoms with Crippen molar-refractivity contribution in [2.75, 3.05) is 40.0 Å². The maximum atomic E-state index is 5.77. The molecule has 1 aromatic carbocycles. The minimum absolute atomic E-state index is 0.277. The summed E-state index contributed by atoms with van der Waals surface area (Å²) in [6.07, 6.45) is 3.27. The quantitative estimate of drug-likeness (QED) is 0.359. The molecule has 0 amide bonds. The van der Waals surface area contributed by atoms with Crippen molar-refractivity contribution in [3.8, 4) is 0 Å². The van der Waals surface area contributed by atoms with Crippen LogP contribution < -0.4 is 10.6 Å². The summed E-state index contributed by atoms with van der Waals surface area (Å²) in [7, 11) is 1.79. The number of ether oxygens (including phenoxy) is 3. The number of nitrogens with zero attached hydrogens (tertiary/aromatic N) is 1. The second kappa shape index (κ2) is 12.7. The average molecular weight is 364 g/mol. The van der Waals surface area contributed by atoms with Crippen LogP contribution in [0, 0.1) is 0 Å². The molecule has 2 N–H and O–H groups in total. The van der Waals surface area contributed by atoms with Gasteiger partial charge in [-0.15, -0.1) is 0 Å². The minimum Gasteiger partial charge on any atom is -0.379 e. The molecule has 0 aliphatic carbocycles. The first-order valence-electron chi connectivity index (χ1n) is 9.62. The molecule has 0 spiro atoms. The number of nitrogens with one attached hydrogen (secondary N) is 2. The van der Waals surface area contributed by atoms with Crippen LogP contribution in [0.4, 0.5) is 0 Å². The average Bonchev–Trinajstić information content (AvgIpc) is 3.18. The van der Waals surface area contributed by atoms with E-state index < -0.39 is 0 Å². The van der Waals surface area contributed by atoms with Gasteiger partial charge in [-0.05, 0) is 30.4 Å². The zero-order chi connectivity index (χ0) is 18.5. The fraction of sp³-hybridized carbons (Fsp3) is 0.650. The van der Waals surface area contributed by atoms with Crippen molar-refractivity contribution in [2.45, 2.75) is 45.4 Å². The van der Waals surface area contributed by atoms with Gasteiger partial charge in [0.2, 0.25) is 0 Å². The first-order chi connectivity index (χ1) is 12.8. The molecular formula is C20H33N3O3. The van der Waals surface area contributed by atoms with E-state index in [1.807, 2.05) is 0 Å². The van der Waals surface area contributed by atoms with Crippen molar-refractivity contribution in [1.29, 1.82) is 0 Å². The normalized spacial score (nSPS) is 17.5. The Balaban J connectivity index is 1.66. The second-order valence-electron chi connectivity index (χ2n) is 6.38. The summed E-state index contributed by atoms with van der Waals surface area (Å²) in [6, 6.07) is 8.35. The highest BCUT2D eigenvalue weighted by Gasteiger charge is 2.15. The molecule has 1 saturated heterocycles.